The minimum Gasteiger partial charge on any atom is -0.480 e. The van der Waals surface area contributed by atoms with Crippen LogP contribution in [0.1, 0.15) is 6.92 Å². The van der Waals surface area contributed by atoms with Crippen molar-refractivity contribution < 1.29 is 27.8 Å². The first-order valence-corrected chi connectivity index (χ1v) is 3.87. The number of rotatable bonds is 5. The van der Waals surface area contributed by atoms with Gasteiger partial charge in [-0.05, 0) is 14.0 Å². The average molecular weight is 215 g/mol. The maximum Gasteiger partial charge on any atom is 0.414 e. The summed E-state index contributed by atoms with van der Waals surface area (Å²) in [4.78, 5) is 10.4. The Morgan fingerprint density at radius 2 is 2.07 bits per heavy atom. The molecule has 0 heterocycles. The first-order chi connectivity index (χ1) is 6.29. The van der Waals surface area contributed by atoms with Gasteiger partial charge in [0.15, 0.2) is 6.10 Å². The summed E-state index contributed by atoms with van der Waals surface area (Å²) in [6.07, 6.45) is -6.42. The largest absolute Gasteiger partial charge is 0.480 e. The maximum atomic E-state index is 11.9. The first kappa shape index (κ1) is 13.2. The number of aliphatic carboxylic acids is 1. The minimum absolute atomic E-state index is 0.521. The number of ether oxygens (including phenoxy) is 1. The highest BCUT2D eigenvalue weighted by molar-refractivity contribution is 5.73. The molecule has 14 heavy (non-hydrogen) atoms. The van der Waals surface area contributed by atoms with Crippen LogP contribution in [0.3, 0.4) is 0 Å². The van der Waals surface area contributed by atoms with E-state index in [4.69, 9.17) is 5.11 Å². The third-order valence-corrected chi connectivity index (χ3v) is 1.62. The monoisotopic (exact) mass is 215 g/mol. The van der Waals surface area contributed by atoms with Crippen LogP contribution in [-0.2, 0) is 9.53 Å². The summed E-state index contributed by atoms with van der Waals surface area (Å²) in [6.45, 7) is 0.307. The van der Waals surface area contributed by atoms with Crippen LogP contribution in [-0.4, -0.2) is 43.1 Å². The van der Waals surface area contributed by atoms with Crippen molar-refractivity contribution in [3.8, 4) is 0 Å². The molecule has 0 aliphatic rings. The lowest BCUT2D eigenvalue weighted by Gasteiger charge is -2.18. The number of nitrogens with one attached hydrogen (secondary N) is 1. The van der Waals surface area contributed by atoms with Gasteiger partial charge in [-0.1, -0.05) is 0 Å². The van der Waals surface area contributed by atoms with Crippen molar-refractivity contribution >= 4 is 5.97 Å². The molecule has 0 aromatic rings. The second-order valence-corrected chi connectivity index (χ2v) is 2.70. The van der Waals surface area contributed by atoms with Gasteiger partial charge in [0.1, 0.15) is 6.04 Å². The molecule has 4 nitrogen and oxygen atoms in total. The van der Waals surface area contributed by atoms with Gasteiger partial charge in [0.2, 0.25) is 0 Å². The van der Waals surface area contributed by atoms with E-state index in [1.165, 1.54) is 7.05 Å². The fourth-order valence-electron chi connectivity index (χ4n) is 0.613. The van der Waals surface area contributed by atoms with E-state index in [9.17, 15) is 18.0 Å². The summed E-state index contributed by atoms with van der Waals surface area (Å²) < 4.78 is 40.1. The lowest BCUT2D eigenvalue weighted by Crippen LogP contribution is -2.41. The lowest BCUT2D eigenvalue weighted by molar-refractivity contribution is -0.216. The van der Waals surface area contributed by atoms with Gasteiger partial charge in [-0.15, -0.1) is 0 Å². The van der Waals surface area contributed by atoms with Crippen LogP contribution >= 0.6 is 0 Å². The van der Waals surface area contributed by atoms with E-state index in [0.717, 1.165) is 6.92 Å². The molecule has 0 saturated heterocycles. The molecule has 0 aromatic heterocycles. The Morgan fingerprint density at radius 1 is 1.57 bits per heavy atom. The van der Waals surface area contributed by atoms with E-state index in [1.54, 1.807) is 0 Å². The van der Waals surface area contributed by atoms with Crippen molar-refractivity contribution in [1.82, 2.24) is 5.32 Å². The molecule has 0 fully saturated rings. The zero-order chi connectivity index (χ0) is 11.4. The molecule has 2 atom stereocenters. The fourth-order valence-corrected chi connectivity index (χ4v) is 0.613. The molecule has 0 aliphatic heterocycles. The van der Waals surface area contributed by atoms with Crippen LogP contribution in [0.2, 0.25) is 0 Å². The molecule has 2 unspecified atom stereocenters. The Kier molecular flexibility index (Phi) is 4.86. The highest BCUT2D eigenvalue weighted by Gasteiger charge is 2.37. The molecule has 0 radical (unpaired) electrons. The highest BCUT2D eigenvalue weighted by Crippen LogP contribution is 2.22. The van der Waals surface area contributed by atoms with Gasteiger partial charge in [-0.25, -0.2) is 0 Å². The van der Waals surface area contributed by atoms with Crippen molar-refractivity contribution in [3.05, 3.63) is 0 Å². The predicted octanol–water partition coefficient (Wildman–Crippen LogP) is 0.626. The van der Waals surface area contributed by atoms with Gasteiger partial charge in [0, 0.05) is 0 Å². The molecular weight excluding hydrogens is 203 g/mol. The zero-order valence-electron chi connectivity index (χ0n) is 7.76. The van der Waals surface area contributed by atoms with E-state index in [2.05, 4.69) is 10.1 Å². The van der Waals surface area contributed by atoms with Crippen molar-refractivity contribution in [2.45, 2.75) is 25.2 Å². The van der Waals surface area contributed by atoms with E-state index < -0.39 is 30.9 Å². The van der Waals surface area contributed by atoms with Crippen LogP contribution in [0.5, 0.6) is 0 Å². The number of likely N-dealkylation sites (N-methyl/N-ethyl adjacent to an activating group) is 1. The van der Waals surface area contributed by atoms with Gasteiger partial charge in [-0.2, -0.15) is 13.2 Å². The van der Waals surface area contributed by atoms with Crippen LogP contribution in [0.4, 0.5) is 13.2 Å². The van der Waals surface area contributed by atoms with Gasteiger partial charge in [0.05, 0.1) is 6.61 Å². The molecule has 2 N–H and O–H groups in total. The van der Waals surface area contributed by atoms with E-state index in [-0.39, 0.29) is 0 Å². The molecular formula is C7H12F3NO3. The fraction of sp³-hybridized carbons (Fsp3) is 0.857. The number of carboxylic acids is 1. The van der Waals surface area contributed by atoms with E-state index in [1.807, 2.05) is 0 Å². The summed E-state index contributed by atoms with van der Waals surface area (Å²) >= 11 is 0. The Hall–Kier alpha value is -0.820. The lowest BCUT2D eigenvalue weighted by atomic mass is 10.3. The molecule has 0 spiro atoms. The van der Waals surface area contributed by atoms with Crippen molar-refractivity contribution in [1.29, 1.82) is 0 Å². The van der Waals surface area contributed by atoms with Crippen LogP contribution in [0.15, 0.2) is 0 Å². The van der Waals surface area contributed by atoms with E-state index >= 15 is 0 Å². The quantitative estimate of drug-likeness (QED) is 0.706. The van der Waals surface area contributed by atoms with Crippen molar-refractivity contribution in [3.63, 3.8) is 0 Å². The second kappa shape index (κ2) is 5.16. The zero-order valence-corrected chi connectivity index (χ0v) is 7.76. The summed E-state index contributed by atoms with van der Waals surface area (Å²) in [5.74, 6) is -1.25. The Morgan fingerprint density at radius 3 is 2.36 bits per heavy atom. The molecule has 0 aliphatic carbocycles. The average Bonchev–Trinajstić information content (AvgIpc) is 2.02. The van der Waals surface area contributed by atoms with Crippen LogP contribution in [0, 0.1) is 0 Å². The van der Waals surface area contributed by atoms with Gasteiger partial charge < -0.3 is 15.2 Å². The van der Waals surface area contributed by atoms with Crippen LogP contribution in [0.25, 0.3) is 0 Å². The number of alkyl halides is 3. The maximum absolute atomic E-state index is 11.9. The SMILES string of the molecule is CNC(COC(C)C(F)(F)F)C(=O)O. The molecule has 0 saturated carbocycles. The number of carbonyl (C=O) groups is 1. The topological polar surface area (TPSA) is 58.6 Å². The third-order valence-electron chi connectivity index (χ3n) is 1.62. The molecule has 0 aromatic carbocycles. The Labute approximate surface area is 79.0 Å². The second-order valence-electron chi connectivity index (χ2n) is 2.70. The Bertz CT molecular complexity index is 195. The number of halogens is 3. The standard InChI is InChI=1S/C7H12F3NO3/c1-4(7(8,9)10)14-3-5(11-2)6(12)13/h4-5,11H,3H2,1-2H3,(H,12,13). The number of carboxylic acid groups (broad SMARTS) is 1. The number of hydrogen-bond donors (Lipinski definition) is 2. The first-order valence-electron chi connectivity index (χ1n) is 3.87. The predicted molar refractivity (Wildman–Crippen MR) is 42.0 cm³/mol. The third kappa shape index (κ3) is 4.43. The van der Waals surface area contributed by atoms with Gasteiger partial charge in [-0.3, -0.25) is 4.79 Å². The summed E-state index contributed by atoms with van der Waals surface area (Å²) in [7, 11) is 1.33. The Balaban J connectivity index is 3.98. The summed E-state index contributed by atoms with van der Waals surface area (Å²) in [6, 6.07) is -1.13. The molecule has 0 amide bonds. The highest BCUT2D eigenvalue weighted by atomic mass is 19.4. The molecule has 84 valence electrons. The van der Waals surface area contributed by atoms with Crippen molar-refractivity contribution in [2.75, 3.05) is 13.7 Å². The molecule has 7 heteroatoms. The van der Waals surface area contributed by atoms with Crippen LogP contribution < -0.4 is 5.32 Å². The normalized spacial score (nSPS) is 16.4. The smallest absolute Gasteiger partial charge is 0.414 e. The number of hydrogen-bond acceptors (Lipinski definition) is 3. The minimum atomic E-state index is -4.46. The van der Waals surface area contributed by atoms with Gasteiger partial charge >= 0.3 is 12.1 Å². The summed E-state index contributed by atoms with van der Waals surface area (Å²) in [5, 5.41) is 10.8. The summed E-state index contributed by atoms with van der Waals surface area (Å²) in [5.41, 5.74) is 0. The molecule has 0 bridgehead atoms. The van der Waals surface area contributed by atoms with E-state index in [0.29, 0.717) is 0 Å². The van der Waals surface area contributed by atoms with Gasteiger partial charge in [0.25, 0.3) is 0 Å². The van der Waals surface area contributed by atoms with Crippen molar-refractivity contribution in [2.24, 2.45) is 0 Å². The molecule has 0 rings (SSSR count).